The van der Waals surface area contributed by atoms with Crippen LogP contribution in [-0.2, 0) is 54.6 Å². The first-order valence-electron chi connectivity index (χ1n) is 24.4. The van der Waals surface area contributed by atoms with Crippen LogP contribution in [0.1, 0.15) is 65.8 Å². The standard InChI is InChI=1S/C51H68N10O9S/c1-33-46(71-32-57-33)37-11-9-34(10-12-37)22-53-49(67)43-21-40(62)28-61(43)50(68)47(51(2,3)4)58-45(65)30-70-18-17-69-29-44(64)52-14-16-60-24-35(25-60)19-39-20-42(56-31-55-39)48(66)54-23-41(63)27-59-15-13-36-7-5-6-8-38(36)26-59/h5-12,20,31-32,35,40-41,43,47,62-63H,13-19,21-30H2,1-4H3,(H,52,64)(H,53,67)(H,54,66)(H,58,65)/t40-,41+,43+,47-/m1/s1. The molecule has 0 radical (unpaired) electrons. The summed E-state index contributed by atoms with van der Waals surface area (Å²) in [4.78, 5) is 85.3. The second-order valence-corrected chi connectivity index (χ2v) is 20.6. The molecule has 3 aliphatic heterocycles. The number of β-amino-alcohol motifs (C(OH)–C–C–N with tert-alkyl or cyclic N) is 2. The predicted molar refractivity (Wildman–Crippen MR) is 266 cm³/mol. The van der Waals surface area contributed by atoms with E-state index in [1.54, 1.807) is 22.9 Å². The minimum absolute atomic E-state index is 0.0365. The number of benzene rings is 2. The first kappa shape index (κ1) is 53.1. The van der Waals surface area contributed by atoms with Gasteiger partial charge in [0.2, 0.25) is 23.6 Å². The second kappa shape index (κ2) is 25.1. The Kier molecular flexibility index (Phi) is 18.7. The van der Waals surface area contributed by atoms with Crippen LogP contribution in [0.3, 0.4) is 0 Å². The normalized spacial score (nSPS) is 18.3. The van der Waals surface area contributed by atoms with Crippen molar-refractivity contribution in [2.24, 2.45) is 11.3 Å². The Morgan fingerprint density at radius 3 is 2.34 bits per heavy atom. The summed E-state index contributed by atoms with van der Waals surface area (Å²) >= 11 is 1.56. The number of likely N-dealkylation sites (tertiary alicyclic amines) is 2. The molecule has 20 heteroatoms. The number of nitrogens with zero attached hydrogens (tertiary/aromatic N) is 6. The molecule has 5 amide bonds. The van der Waals surface area contributed by atoms with Gasteiger partial charge in [-0.15, -0.1) is 11.3 Å². The van der Waals surface area contributed by atoms with Crippen LogP contribution in [0.4, 0.5) is 0 Å². The predicted octanol–water partition coefficient (Wildman–Crippen LogP) is 1.49. The van der Waals surface area contributed by atoms with E-state index in [0.29, 0.717) is 32.0 Å². The van der Waals surface area contributed by atoms with E-state index in [2.05, 4.69) is 58.2 Å². The topological polar surface area (TPSA) is 241 Å². The molecule has 5 heterocycles. The van der Waals surface area contributed by atoms with E-state index in [4.69, 9.17) is 9.47 Å². The average Bonchev–Trinajstić information content (AvgIpc) is 3.96. The average molecular weight is 997 g/mol. The van der Waals surface area contributed by atoms with Gasteiger partial charge in [-0.1, -0.05) is 69.3 Å². The number of carbonyl (C=O) groups is 5. The minimum atomic E-state index is -1.00. The molecule has 4 aromatic rings. The number of ether oxygens (including phenoxy) is 2. The zero-order chi connectivity index (χ0) is 50.5. The summed E-state index contributed by atoms with van der Waals surface area (Å²) < 4.78 is 10.9. The van der Waals surface area contributed by atoms with Gasteiger partial charge in [0.1, 0.15) is 37.3 Å². The van der Waals surface area contributed by atoms with Crippen molar-refractivity contribution in [2.75, 3.05) is 78.8 Å². The number of hydrogen-bond acceptors (Lipinski definition) is 15. The fourth-order valence-corrected chi connectivity index (χ4v) is 9.94. The van der Waals surface area contributed by atoms with Crippen LogP contribution < -0.4 is 21.3 Å². The highest BCUT2D eigenvalue weighted by Crippen LogP contribution is 2.29. The Balaban J connectivity index is 0.725. The molecule has 0 saturated carbocycles. The van der Waals surface area contributed by atoms with E-state index in [1.807, 2.05) is 64.1 Å². The van der Waals surface area contributed by atoms with Crippen LogP contribution in [0.15, 0.2) is 66.4 Å². The molecule has 2 saturated heterocycles. The van der Waals surface area contributed by atoms with Crippen LogP contribution in [0.5, 0.6) is 0 Å². The Morgan fingerprint density at radius 2 is 1.62 bits per heavy atom. The van der Waals surface area contributed by atoms with Crippen molar-refractivity contribution in [3.63, 3.8) is 0 Å². The maximum Gasteiger partial charge on any atom is 0.270 e. The molecule has 2 aromatic carbocycles. The number of nitrogens with one attached hydrogen (secondary N) is 4. The van der Waals surface area contributed by atoms with Crippen LogP contribution in [0.2, 0.25) is 0 Å². The molecule has 7 rings (SSSR count). The van der Waals surface area contributed by atoms with Crippen molar-refractivity contribution >= 4 is 40.9 Å². The summed E-state index contributed by atoms with van der Waals surface area (Å²) in [6, 6.07) is 16.0. The molecule has 4 atom stereocenters. The Morgan fingerprint density at radius 1 is 0.887 bits per heavy atom. The van der Waals surface area contributed by atoms with E-state index in [9.17, 15) is 34.2 Å². The lowest BCUT2D eigenvalue weighted by atomic mass is 9.85. The highest BCUT2D eigenvalue weighted by Gasteiger charge is 2.44. The molecule has 6 N–H and O–H groups in total. The van der Waals surface area contributed by atoms with Gasteiger partial charge in [0, 0.05) is 77.6 Å². The molecule has 0 spiro atoms. The van der Waals surface area contributed by atoms with Crippen molar-refractivity contribution in [1.29, 1.82) is 0 Å². The number of aliphatic hydroxyl groups is 2. The summed E-state index contributed by atoms with van der Waals surface area (Å²) in [6.45, 7) is 12.2. The monoisotopic (exact) mass is 996 g/mol. The van der Waals surface area contributed by atoms with E-state index in [-0.39, 0.29) is 70.0 Å². The number of amides is 5. The molecule has 382 valence electrons. The lowest BCUT2D eigenvalue weighted by Crippen LogP contribution is -2.58. The van der Waals surface area contributed by atoms with Gasteiger partial charge in [-0.05, 0) is 59.4 Å². The summed E-state index contributed by atoms with van der Waals surface area (Å²) in [5.74, 6) is -1.67. The fraction of sp³-hybridized carbons (Fsp3) is 0.529. The van der Waals surface area contributed by atoms with Crippen LogP contribution >= 0.6 is 11.3 Å². The van der Waals surface area contributed by atoms with Crippen molar-refractivity contribution < 1.29 is 43.7 Å². The minimum Gasteiger partial charge on any atom is -0.391 e. The van der Waals surface area contributed by atoms with E-state index in [0.717, 1.165) is 60.0 Å². The number of aromatic nitrogens is 3. The summed E-state index contributed by atoms with van der Waals surface area (Å²) in [5, 5.41) is 32.5. The molecule has 3 aliphatic rings. The van der Waals surface area contributed by atoms with Crippen LogP contribution in [0, 0.1) is 18.3 Å². The third-order valence-corrected chi connectivity index (χ3v) is 13.9. The molecular formula is C51H68N10O9S. The number of fused-ring (bicyclic) bond motifs is 1. The third kappa shape index (κ3) is 15.4. The molecule has 19 nitrogen and oxygen atoms in total. The van der Waals surface area contributed by atoms with Crippen molar-refractivity contribution in [2.45, 2.75) is 84.3 Å². The first-order valence-corrected chi connectivity index (χ1v) is 25.2. The number of rotatable bonds is 23. The van der Waals surface area contributed by atoms with Crippen LogP contribution in [-0.4, -0.2) is 172 Å². The molecular weight excluding hydrogens is 929 g/mol. The van der Waals surface area contributed by atoms with Gasteiger partial charge < -0.3 is 50.8 Å². The fourth-order valence-electron chi connectivity index (χ4n) is 9.13. The smallest absolute Gasteiger partial charge is 0.270 e. The van der Waals surface area contributed by atoms with Crippen LogP contribution in [0.25, 0.3) is 10.4 Å². The zero-order valence-corrected chi connectivity index (χ0v) is 41.9. The van der Waals surface area contributed by atoms with Gasteiger partial charge in [-0.3, -0.25) is 28.9 Å². The van der Waals surface area contributed by atoms with Gasteiger partial charge in [-0.25, -0.2) is 15.0 Å². The maximum absolute atomic E-state index is 13.9. The molecule has 0 bridgehead atoms. The molecule has 71 heavy (non-hydrogen) atoms. The Hall–Kier alpha value is -5.74. The van der Waals surface area contributed by atoms with Gasteiger partial charge in [0.15, 0.2) is 0 Å². The lowest BCUT2D eigenvalue weighted by molar-refractivity contribution is -0.144. The molecule has 2 fully saturated rings. The number of thiazole rings is 1. The molecule has 2 aromatic heterocycles. The van der Waals surface area contributed by atoms with E-state index in [1.165, 1.54) is 22.4 Å². The quantitative estimate of drug-likeness (QED) is 0.0578. The van der Waals surface area contributed by atoms with E-state index < -0.39 is 47.4 Å². The number of carbonyl (C=O) groups excluding carboxylic acids is 5. The summed E-state index contributed by atoms with van der Waals surface area (Å²) in [7, 11) is 0. The Bertz CT molecular complexity index is 2440. The lowest BCUT2D eigenvalue weighted by Gasteiger charge is -2.39. The summed E-state index contributed by atoms with van der Waals surface area (Å²) in [5.41, 5.74) is 7.61. The number of hydrogen-bond donors (Lipinski definition) is 6. The highest BCUT2D eigenvalue weighted by atomic mass is 32.1. The second-order valence-electron chi connectivity index (χ2n) is 19.7. The highest BCUT2D eigenvalue weighted by molar-refractivity contribution is 7.13. The maximum atomic E-state index is 13.9. The first-order chi connectivity index (χ1) is 34.1. The van der Waals surface area contributed by atoms with Gasteiger partial charge in [0.05, 0.1) is 41.5 Å². The molecule has 0 aliphatic carbocycles. The van der Waals surface area contributed by atoms with E-state index >= 15 is 0 Å². The molecule has 0 unspecified atom stereocenters. The van der Waals surface area contributed by atoms with Gasteiger partial charge in [0.25, 0.3) is 5.91 Å². The van der Waals surface area contributed by atoms with Crippen molar-refractivity contribution in [3.8, 4) is 10.4 Å². The van der Waals surface area contributed by atoms with Crippen molar-refractivity contribution in [3.05, 3.63) is 100 Å². The van der Waals surface area contributed by atoms with Crippen molar-refractivity contribution in [1.82, 2.24) is 50.9 Å². The largest absolute Gasteiger partial charge is 0.391 e. The summed E-state index contributed by atoms with van der Waals surface area (Å²) in [6.07, 6.45) is 1.51. The third-order valence-electron chi connectivity index (χ3n) is 13.0. The van der Waals surface area contributed by atoms with Gasteiger partial charge in [-0.2, -0.15) is 0 Å². The SMILES string of the molecule is Cc1ncsc1-c1ccc(CNC(=O)[C@@H]2C[C@@H](O)CN2C(=O)[C@@H](NC(=O)COCCOCC(=O)NCCN2CC(Cc3cc(C(=O)NC[C@H](O)CN4CCc5ccccc5C4)ncn3)C2)C(C)(C)C)cc1. The number of aliphatic hydroxyl groups excluding tert-OH is 2. The van der Waals surface area contributed by atoms with Gasteiger partial charge >= 0.3 is 0 Å². The Labute approximate surface area is 419 Å². The number of aryl methyl sites for hydroxylation is 1. The zero-order valence-electron chi connectivity index (χ0n) is 41.1.